The third-order valence-electron chi connectivity index (χ3n) is 4.77. The van der Waals surface area contributed by atoms with Gasteiger partial charge in [-0.15, -0.1) is 0 Å². The van der Waals surface area contributed by atoms with Crippen LogP contribution in [0.1, 0.15) is 57.4 Å². The highest BCUT2D eigenvalue weighted by molar-refractivity contribution is 5.05. The molecular weight excluding hydrogens is 252 g/mol. The number of nitrogens with zero attached hydrogens (tertiary/aromatic N) is 1. The van der Waals surface area contributed by atoms with E-state index in [2.05, 4.69) is 24.3 Å². The Hall–Kier alpha value is -0.870. The number of hydrogen-bond acceptors (Lipinski definition) is 4. The Morgan fingerprint density at radius 2 is 2.10 bits per heavy atom. The van der Waals surface area contributed by atoms with Crippen molar-refractivity contribution in [1.29, 1.82) is 0 Å². The summed E-state index contributed by atoms with van der Waals surface area (Å²) in [5.41, 5.74) is 0.987. The number of rotatable bonds is 6. The molecule has 1 aromatic heterocycles. The van der Waals surface area contributed by atoms with Crippen LogP contribution in [0.15, 0.2) is 10.6 Å². The lowest BCUT2D eigenvalue weighted by molar-refractivity contribution is -0.0155. The van der Waals surface area contributed by atoms with Gasteiger partial charge in [-0.25, -0.2) is 0 Å². The van der Waals surface area contributed by atoms with Crippen molar-refractivity contribution >= 4 is 0 Å². The zero-order valence-corrected chi connectivity index (χ0v) is 12.6. The second kappa shape index (κ2) is 6.27. The van der Waals surface area contributed by atoms with Gasteiger partial charge in [0.25, 0.3) is 0 Å². The van der Waals surface area contributed by atoms with E-state index in [-0.39, 0.29) is 0 Å². The largest absolute Gasteiger partial charge is 0.370 e. The molecule has 1 heterocycles. The molecule has 2 fully saturated rings. The minimum atomic E-state index is 0.388. The first kappa shape index (κ1) is 14.1. The molecule has 20 heavy (non-hydrogen) atoms. The molecule has 0 aromatic carbocycles. The molecule has 0 saturated heterocycles. The molecule has 0 radical (unpaired) electrons. The van der Waals surface area contributed by atoms with E-state index in [0.717, 1.165) is 29.8 Å². The second-order valence-electron chi connectivity index (χ2n) is 6.64. The maximum Gasteiger partial charge on any atom is 0.162 e. The van der Waals surface area contributed by atoms with Crippen molar-refractivity contribution < 1.29 is 9.26 Å². The first-order chi connectivity index (χ1) is 9.70. The molecule has 4 nitrogen and oxygen atoms in total. The van der Waals surface area contributed by atoms with E-state index in [4.69, 9.17) is 9.26 Å². The van der Waals surface area contributed by atoms with Gasteiger partial charge in [0, 0.05) is 18.7 Å². The predicted molar refractivity (Wildman–Crippen MR) is 77.1 cm³/mol. The molecule has 3 unspecified atom stereocenters. The normalized spacial score (nSPS) is 30.6. The van der Waals surface area contributed by atoms with Crippen LogP contribution in [-0.2, 0) is 17.9 Å². The molecule has 0 amide bonds. The summed E-state index contributed by atoms with van der Waals surface area (Å²) in [6.45, 7) is 6.04. The minimum absolute atomic E-state index is 0.388. The molecule has 1 N–H and O–H groups in total. The quantitative estimate of drug-likeness (QED) is 0.867. The van der Waals surface area contributed by atoms with Crippen LogP contribution in [-0.4, -0.2) is 17.3 Å². The summed E-state index contributed by atoms with van der Waals surface area (Å²) in [5, 5.41) is 7.53. The van der Waals surface area contributed by atoms with Crippen molar-refractivity contribution in [3.8, 4) is 0 Å². The number of ether oxygens (including phenoxy) is 1. The van der Waals surface area contributed by atoms with Crippen molar-refractivity contribution in [2.45, 2.75) is 71.2 Å². The molecule has 0 bridgehead atoms. The Morgan fingerprint density at radius 1 is 1.25 bits per heavy atom. The molecule has 2 saturated carbocycles. The maximum absolute atomic E-state index is 5.98. The van der Waals surface area contributed by atoms with Crippen molar-refractivity contribution in [2.24, 2.45) is 11.8 Å². The number of aromatic nitrogens is 1. The molecule has 0 aliphatic heterocycles. The average Bonchev–Trinajstić information content (AvgIpc) is 3.16. The first-order valence-electron chi connectivity index (χ1n) is 8.00. The van der Waals surface area contributed by atoms with Crippen molar-refractivity contribution in [3.63, 3.8) is 0 Å². The monoisotopic (exact) mass is 278 g/mol. The van der Waals surface area contributed by atoms with Crippen LogP contribution in [0, 0.1) is 11.8 Å². The van der Waals surface area contributed by atoms with Crippen LogP contribution < -0.4 is 5.32 Å². The maximum atomic E-state index is 5.98. The molecule has 1 aromatic rings. The third-order valence-corrected chi connectivity index (χ3v) is 4.77. The average molecular weight is 278 g/mol. The fraction of sp³-hybridized carbons (Fsp3) is 0.812. The Balaban J connectivity index is 1.41. The van der Waals surface area contributed by atoms with Crippen molar-refractivity contribution in [2.75, 3.05) is 0 Å². The molecule has 2 aliphatic carbocycles. The Kier molecular flexibility index (Phi) is 4.41. The summed E-state index contributed by atoms with van der Waals surface area (Å²) in [4.78, 5) is 0. The second-order valence-corrected chi connectivity index (χ2v) is 6.64. The Labute approximate surface area is 121 Å². The summed E-state index contributed by atoms with van der Waals surface area (Å²) in [6.07, 6.45) is 6.61. The van der Waals surface area contributed by atoms with Gasteiger partial charge in [-0.1, -0.05) is 19.0 Å². The highest BCUT2D eigenvalue weighted by Crippen LogP contribution is 2.31. The zero-order valence-electron chi connectivity index (χ0n) is 12.6. The summed E-state index contributed by atoms with van der Waals surface area (Å²) in [5.74, 6) is 2.45. The summed E-state index contributed by atoms with van der Waals surface area (Å²) >= 11 is 0. The zero-order chi connectivity index (χ0) is 13.9. The van der Waals surface area contributed by atoms with Crippen molar-refractivity contribution in [3.05, 3.63) is 17.5 Å². The van der Waals surface area contributed by atoms with E-state index in [1.807, 2.05) is 6.07 Å². The van der Waals surface area contributed by atoms with E-state index < -0.39 is 0 Å². The fourth-order valence-electron chi connectivity index (χ4n) is 2.89. The standard InChI is InChI=1S/C16H26N2O2/c1-11-3-6-15(7-12(11)2)19-10-16-8-14(18-20-16)9-17-13-4-5-13/h8,11-13,15,17H,3-7,9-10H2,1-2H3. The fourth-order valence-corrected chi connectivity index (χ4v) is 2.89. The van der Waals surface area contributed by atoms with Crippen molar-refractivity contribution in [1.82, 2.24) is 10.5 Å². The smallest absolute Gasteiger partial charge is 0.162 e. The molecular formula is C16H26N2O2. The predicted octanol–water partition coefficient (Wildman–Crippen LogP) is 3.27. The van der Waals surface area contributed by atoms with Crippen LogP contribution in [0.5, 0.6) is 0 Å². The third kappa shape index (κ3) is 3.83. The highest BCUT2D eigenvalue weighted by atomic mass is 16.5. The van der Waals surface area contributed by atoms with E-state index >= 15 is 0 Å². The van der Waals surface area contributed by atoms with E-state index in [1.54, 1.807) is 0 Å². The number of nitrogens with one attached hydrogen (secondary N) is 1. The van der Waals surface area contributed by atoms with Crippen LogP contribution in [0.4, 0.5) is 0 Å². The van der Waals surface area contributed by atoms with E-state index in [0.29, 0.717) is 18.8 Å². The van der Waals surface area contributed by atoms with Gasteiger partial charge >= 0.3 is 0 Å². The van der Waals surface area contributed by atoms with Crippen LogP contribution in [0.3, 0.4) is 0 Å². The highest BCUT2D eigenvalue weighted by Gasteiger charge is 2.25. The Morgan fingerprint density at radius 3 is 2.85 bits per heavy atom. The minimum Gasteiger partial charge on any atom is -0.370 e. The topological polar surface area (TPSA) is 47.3 Å². The molecule has 3 rings (SSSR count). The first-order valence-corrected chi connectivity index (χ1v) is 8.00. The number of hydrogen-bond donors (Lipinski definition) is 1. The lowest BCUT2D eigenvalue weighted by Crippen LogP contribution is -2.26. The summed E-state index contributed by atoms with van der Waals surface area (Å²) < 4.78 is 11.3. The van der Waals surface area contributed by atoms with Gasteiger partial charge in [-0.3, -0.25) is 0 Å². The van der Waals surface area contributed by atoms with Crippen LogP contribution in [0.25, 0.3) is 0 Å². The van der Waals surface area contributed by atoms with Gasteiger partial charge in [0.15, 0.2) is 5.76 Å². The SMILES string of the molecule is CC1CCC(OCc2cc(CNC3CC3)no2)CC1C. The Bertz CT molecular complexity index is 428. The molecule has 3 atom stereocenters. The van der Waals surface area contributed by atoms with Gasteiger partial charge < -0.3 is 14.6 Å². The van der Waals surface area contributed by atoms with Gasteiger partial charge in [0.05, 0.1) is 11.8 Å². The summed E-state index contributed by atoms with van der Waals surface area (Å²) in [6, 6.07) is 2.72. The van der Waals surface area contributed by atoms with Gasteiger partial charge in [-0.2, -0.15) is 0 Å². The molecule has 0 spiro atoms. The molecule has 2 aliphatic rings. The lowest BCUT2D eigenvalue weighted by Gasteiger charge is -2.31. The van der Waals surface area contributed by atoms with Gasteiger partial charge in [0.2, 0.25) is 0 Å². The van der Waals surface area contributed by atoms with Gasteiger partial charge in [-0.05, 0) is 43.9 Å². The van der Waals surface area contributed by atoms with E-state index in [9.17, 15) is 0 Å². The molecule has 112 valence electrons. The summed E-state index contributed by atoms with van der Waals surface area (Å²) in [7, 11) is 0. The molecule has 4 heteroatoms. The van der Waals surface area contributed by atoms with Crippen LogP contribution in [0.2, 0.25) is 0 Å². The van der Waals surface area contributed by atoms with Crippen LogP contribution >= 0.6 is 0 Å². The lowest BCUT2D eigenvalue weighted by atomic mass is 9.80. The van der Waals surface area contributed by atoms with E-state index in [1.165, 1.54) is 32.1 Å². The van der Waals surface area contributed by atoms with Gasteiger partial charge in [0.1, 0.15) is 6.61 Å².